The van der Waals surface area contributed by atoms with E-state index in [2.05, 4.69) is 5.32 Å². The number of hydrogen-bond acceptors (Lipinski definition) is 4. The Labute approximate surface area is 147 Å². The monoisotopic (exact) mass is 347 g/mol. The van der Waals surface area contributed by atoms with Gasteiger partial charge in [0.05, 0.1) is 6.54 Å². The molecule has 3 heterocycles. The number of nitrogens with one attached hydrogen (secondary N) is 1. The van der Waals surface area contributed by atoms with Crippen LogP contribution in [0.3, 0.4) is 0 Å². The van der Waals surface area contributed by atoms with Crippen molar-refractivity contribution in [3.8, 4) is 0 Å². The molecule has 2 aliphatic rings. The van der Waals surface area contributed by atoms with E-state index in [1.807, 2.05) is 26.8 Å². The lowest BCUT2D eigenvalue weighted by Gasteiger charge is -2.25. The van der Waals surface area contributed by atoms with Gasteiger partial charge in [-0.05, 0) is 45.2 Å². The van der Waals surface area contributed by atoms with Crippen LogP contribution in [0.5, 0.6) is 0 Å². The lowest BCUT2D eigenvalue weighted by atomic mass is 9.95. The topological polar surface area (TPSA) is 80.6 Å². The van der Waals surface area contributed by atoms with Crippen LogP contribution in [0.2, 0.25) is 0 Å². The van der Waals surface area contributed by atoms with Crippen LogP contribution in [-0.2, 0) is 11.3 Å². The molecule has 0 aliphatic carbocycles. The molecule has 2 fully saturated rings. The second kappa shape index (κ2) is 6.54. The van der Waals surface area contributed by atoms with Crippen molar-refractivity contribution in [1.29, 1.82) is 0 Å². The SMILES string of the molecule is CCn1c(C)cc(C)c(C(=O)N2CCC[C@]3(CC2)CNC(=O)O3)c1=O. The summed E-state index contributed by atoms with van der Waals surface area (Å²) in [6.45, 7) is 7.65. The fourth-order valence-electron chi connectivity index (χ4n) is 3.89. The van der Waals surface area contributed by atoms with E-state index in [9.17, 15) is 14.4 Å². The average Bonchev–Trinajstić information content (AvgIpc) is 2.78. The molecule has 2 amide bonds. The molecule has 1 atom stereocenters. The van der Waals surface area contributed by atoms with Gasteiger partial charge in [0, 0.05) is 31.7 Å². The number of alkyl carbamates (subject to hydrolysis) is 1. The summed E-state index contributed by atoms with van der Waals surface area (Å²) >= 11 is 0. The zero-order valence-corrected chi connectivity index (χ0v) is 15.1. The van der Waals surface area contributed by atoms with Gasteiger partial charge in [0.25, 0.3) is 11.5 Å². The molecule has 7 nitrogen and oxygen atoms in total. The third-order valence-corrected chi connectivity index (χ3v) is 5.28. The average molecular weight is 347 g/mol. The number of rotatable bonds is 2. The predicted molar refractivity (Wildman–Crippen MR) is 92.8 cm³/mol. The van der Waals surface area contributed by atoms with Gasteiger partial charge in [-0.2, -0.15) is 0 Å². The Morgan fingerprint density at radius 1 is 1.28 bits per heavy atom. The maximum atomic E-state index is 13.0. The molecule has 136 valence electrons. The number of carbonyl (C=O) groups is 2. The first kappa shape index (κ1) is 17.5. The van der Waals surface area contributed by atoms with E-state index in [4.69, 9.17) is 4.74 Å². The van der Waals surface area contributed by atoms with Gasteiger partial charge in [0.2, 0.25) is 0 Å². The van der Waals surface area contributed by atoms with Crippen molar-refractivity contribution in [2.24, 2.45) is 0 Å². The fourth-order valence-corrected chi connectivity index (χ4v) is 3.89. The third-order valence-electron chi connectivity index (χ3n) is 5.28. The van der Waals surface area contributed by atoms with Crippen LogP contribution in [0, 0.1) is 13.8 Å². The zero-order chi connectivity index (χ0) is 18.2. The smallest absolute Gasteiger partial charge is 0.407 e. The Balaban J connectivity index is 1.85. The minimum absolute atomic E-state index is 0.223. The Hall–Kier alpha value is -2.31. The largest absolute Gasteiger partial charge is 0.441 e. The van der Waals surface area contributed by atoms with E-state index in [1.54, 1.807) is 9.47 Å². The van der Waals surface area contributed by atoms with Gasteiger partial charge in [0.15, 0.2) is 0 Å². The van der Waals surface area contributed by atoms with E-state index in [1.165, 1.54) is 0 Å². The van der Waals surface area contributed by atoms with Crippen molar-refractivity contribution in [2.75, 3.05) is 19.6 Å². The van der Waals surface area contributed by atoms with Gasteiger partial charge < -0.3 is 19.5 Å². The first-order valence-electron chi connectivity index (χ1n) is 8.84. The number of likely N-dealkylation sites (tertiary alicyclic amines) is 1. The van der Waals surface area contributed by atoms with Crippen molar-refractivity contribution in [1.82, 2.24) is 14.8 Å². The molecular formula is C18H25N3O4. The zero-order valence-electron chi connectivity index (χ0n) is 15.1. The van der Waals surface area contributed by atoms with Gasteiger partial charge in [-0.25, -0.2) is 4.79 Å². The molecule has 0 bridgehead atoms. The molecule has 0 aromatic carbocycles. The number of nitrogens with zero attached hydrogens (tertiary/aromatic N) is 2. The van der Waals surface area contributed by atoms with E-state index in [0.717, 1.165) is 18.5 Å². The molecule has 1 N–H and O–H groups in total. The van der Waals surface area contributed by atoms with Crippen molar-refractivity contribution < 1.29 is 14.3 Å². The molecule has 2 aliphatic heterocycles. The Morgan fingerprint density at radius 2 is 2.04 bits per heavy atom. The highest BCUT2D eigenvalue weighted by molar-refractivity contribution is 5.95. The second-order valence-electron chi connectivity index (χ2n) is 6.96. The van der Waals surface area contributed by atoms with E-state index in [0.29, 0.717) is 38.2 Å². The number of aryl methyl sites for hydroxylation is 2. The van der Waals surface area contributed by atoms with Gasteiger partial charge in [-0.15, -0.1) is 0 Å². The molecule has 25 heavy (non-hydrogen) atoms. The highest BCUT2D eigenvalue weighted by Crippen LogP contribution is 2.29. The quantitative estimate of drug-likeness (QED) is 0.881. The van der Waals surface area contributed by atoms with E-state index in [-0.39, 0.29) is 23.1 Å². The lowest BCUT2D eigenvalue weighted by molar-refractivity contribution is 0.0438. The molecule has 1 spiro atoms. The van der Waals surface area contributed by atoms with Gasteiger partial charge in [0.1, 0.15) is 11.2 Å². The van der Waals surface area contributed by atoms with Gasteiger partial charge in [-0.1, -0.05) is 0 Å². The Bertz CT molecular complexity index is 770. The predicted octanol–water partition coefficient (Wildman–Crippen LogP) is 1.59. The number of hydrogen-bond donors (Lipinski definition) is 1. The summed E-state index contributed by atoms with van der Waals surface area (Å²) in [5, 5.41) is 2.71. The van der Waals surface area contributed by atoms with Crippen LogP contribution in [0.4, 0.5) is 4.79 Å². The van der Waals surface area contributed by atoms with Crippen LogP contribution in [0.25, 0.3) is 0 Å². The van der Waals surface area contributed by atoms with Crippen molar-refractivity contribution in [3.05, 3.63) is 33.2 Å². The molecule has 0 radical (unpaired) electrons. The number of carbonyl (C=O) groups excluding carboxylic acids is 2. The summed E-state index contributed by atoms with van der Waals surface area (Å²) in [6, 6.07) is 1.89. The van der Waals surface area contributed by atoms with Crippen molar-refractivity contribution in [2.45, 2.75) is 52.2 Å². The summed E-state index contributed by atoms with van der Waals surface area (Å²) in [7, 11) is 0. The highest BCUT2D eigenvalue weighted by atomic mass is 16.6. The first-order valence-corrected chi connectivity index (χ1v) is 8.84. The molecule has 0 saturated carbocycles. The van der Waals surface area contributed by atoms with Crippen LogP contribution >= 0.6 is 0 Å². The summed E-state index contributed by atoms with van der Waals surface area (Å²) in [6.07, 6.45) is 1.67. The molecule has 1 aromatic heterocycles. The third kappa shape index (κ3) is 3.15. The van der Waals surface area contributed by atoms with Crippen LogP contribution < -0.4 is 10.9 Å². The summed E-state index contributed by atoms with van der Waals surface area (Å²) < 4.78 is 7.08. The number of pyridine rings is 1. The first-order chi connectivity index (χ1) is 11.9. The fraction of sp³-hybridized carbons (Fsp3) is 0.611. The summed E-state index contributed by atoms with van der Waals surface area (Å²) in [4.78, 5) is 38.9. The van der Waals surface area contributed by atoms with E-state index < -0.39 is 5.60 Å². The van der Waals surface area contributed by atoms with Crippen LogP contribution in [0.15, 0.2) is 10.9 Å². The number of ether oxygens (including phenoxy) is 1. The van der Waals surface area contributed by atoms with Crippen LogP contribution in [0.1, 0.15) is 47.8 Å². The van der Waals surface area contributed by atoms with Gasteiger partial charge in [-0.3, -0.25) is 9.59 Å². The Kier molecular flexibility index (Phi) is 4.58. The maximum Gasteiger partial charge on any atom is 0.407 e. The van der Waals surface area contributed by atoms with Crippen molar-refractivity contribution >= 4 is 12.0 Å². The number of aromatic nitrogens is 1. The minimum Gasteiger partial charge on any atom is -0.441 e. The molecule has 3 rings (SSSR count). The molecular weight excluding hydrogens is 322 g/mol. The van der Waals surface area contributed by atoms with Gasteiger partial charge >= 0.3 is 6.09 Å². The molecule has 2 saturated heterocycles. The second-order valence-corrected chi connectivity index (χ2v) is 6.96. The minimum atomic E-state index is -0.516. The highest BCUT2D eigenvalue weighted by Gasteiger charge is 2.42. The maximum absolute atomic E-state index is 13.0. The molecule has 7 heteroatoms. The summed E-state index contributed by atoms with van der Waals surface area (Å²) in [5.41, 5.74) is 1.09. The lowest BCUT2D eigenvalue weighted by Crippen LogP contribution is -2.40. The van der Waals surface area contributed by atoms with E-state index >= 15 is 0 Å². The van der Waals surface area contributed by atoms with Crippen LogP contribution in [-0.4, -0.2) is 46.7 Å². The molecule has 0 unspecified atom stereocenters. The number of amides is 2. The molecule has 1 aromatic rings. The van der Waals surface area contributed by atoms with Crippen molar-refractivity contribution in [3.63, 3.8) is 0 Å². The Morgan fingerprint density at radius 3 is 2.68 bits per heavy atom. The standard InChI is InChI=1S/C18H25N3O4/c1-4-21-13(3)10-12(2)14(16(21)23)15(22)20-8-5-6-18(7-9-20)11-19-17(24)25-18/h10H,4-9,11H2,1-3H3,(H,19,24)/t18-/m0/s1. The normalized spacial score (nSPS) is 23.3. The summed E-state index contributed by atoms with van der Waals surface area (Å²) in [5.74, 6) is -0.223.